The zero-order chi connectivity index (χ0) is 15.9. The number of nitrogens with one attached hydrogen (secondary N) is 1. The Hall–Kier alpha value is -2.48. The van der Waals surface area contributed by atoms with Crippen molar-refractivity contribution in [2.45, 2.75) is 18.5 Å². The number of amides is 1. The summed E-state index contributed by atoms with van der Waals surface area (Å²) in [6.07, 6.45) is 3.55. The lowest BCUT2D eigenvalue weighted by Gasteiger charge is -2.08. The number of carbonyl (C=O) groups excluding carboxylic acids is 1. The minimum atomic E-state index is -0.488. The molecule has 114 valence electrons. The SMILES string of the molecule is Cc1ccc([N+](=O)[O-])cc1NC(=O)CCSc1ncccn1. The van der Waals surface area contributed by atoms with E-state index in [1.54, 1.807) is 31.5 Å². The Morgan fingerprint density at radius 2 is 2.09 bits per heavy atom. The number of aryl methyl sites for hydroxylation is 1. The van der Waals surface area contributed by atoms with Crippen LogP contribution in [0.2, 0.25) is 0 Å². The second kappa shape index (κ2) is 7.51. The molecule has 1 aromatic carbocycles. The van der Waals surface area contributed by atoms with Crippen molar-refractivity contribution in [3.05, 3.63) is 52.3 Å². The third kappa shape index (κ3) is 4.52. The van der Waals surface area contributed by atoms with Crippen molar-refractivity contribution < 1.29 is 9.72 Å². The van der Waals surface area contributed by atoms with E-state index >= 15 is 0 Å². The van der Waals surface area contributed by atoms with E-state index < -0.39 is 4.92 Å². The van der Waals surface area contributed by atoms with E-state index in [0.717, 1.165) is 5.56 Å². The number of non-ortho nitro benzene ring substituents is 1. The number of thioether (sulfide) groups is 1. The number of carbonyl (C=O) groups is 1. The topological polar surface area (TPSA) is 98.0 Å². The summed E-state index contributed by atoms with van der Waals surface area (Å²) in [7, 11) is 0. The van der Waals surface area contributed by atoms with Crippen molar-refractivity contribution >= 4 is 29.0 Å². The Morgan fingerprint density at radius 3 is 2.77 bits per heavy atom. The Kier molecular flexibility index (Phi) is 5.42. The number of aromatic nitrogens is 2. The molecule has 8 heteroatoms. The molecule has 1 N–H and O–H groups in total. The molecule has 0 bridgehead atoms. The van der Waals surface area contributed by atoms with Gasteiger partial charge in [-0.25, -0.2) is 9.97 Å². The lowest BCUT2D eigenvalue weighted by atomic mass is 10.2. The molecule has 0 unspecified atom stereocenters. The van der Waals surface area contributed by atoms with Crippen LogP contribution in [0.5, 0.6) is 0 Å². The minimum absolute atomic E-state index is 0.0482. The van der Waals surface area contributed by atoms with Crippen molar-refractivity contribution in [3.63, 3.8) is 0 Å². The number of hydrogen-bond donors (Lipinski definition) is 1. The van der Waals surface area contributed by atoms with Gasteiger partial charge in [-0.05, 0) is 18.6 Å². The van der Waals surface area contributed by atoms with Crippen molar-refractivity contribution in [3.8, 4) is 0 Å². The van der Waals surface area contributed by atoms with E-state index in [0.29, 0.717) is 16.6 Å². The van der Waals surface area contributed by atoms with Crippen LogP contribution < -0.4 is 5.32 Å². The maximum absolute atomic E-state index is 11.9. The van der Waals surface area contributed by atoms with Crippen LogP contribution in [0.25, 0.3) is 0 Å². The molecule has 0 aliphatic carbocycles. The zero-order valence-electron chi connectivity index (χ0n) is 11.9. The smallest absolute Gasteiger partial charge is 0.271 e. The fraction of sp³-hybridized carbons (Fsp3) is 0.214. The monoisotopic (exact) mass is 318 g/mol. The van der Waals surface area contributed by atoms with Crippen LogP contribution in [-0.2, 0) is 4.79 Å². The predicted octanol–water partition coefficient (Wildman–Crippen LogP) is 2.81. The molecule has 1 aromatic heterocycles. The normalized spacial score (nSPS) is 10.2. The van der Waals surface area contributed by atoms with Crippen molar-refractivity contribution in [1.82, 2.24) is 9.97 Å². The van der Waals surface area contributed by atoms with Crippen LogP contribution in [0, 0.1) is 17.0 Å². The van der Waals surface area contributed by atoms with Crippen molar-refractivity contribution in [1.29, 1.82) is 0 Å². The highest BCUT2D eigenvalue weighted by Crippen LogP contribution is 2.22. The molecule has 0 fully saturated rings. The highest BCUT2D eigenvalue weighted by Gasteiger charge is 2.11. The van der Waals surface area contributed by atoms with Gasteiger partial charge in [-0.15, -0.1) is 0 Å². The third-order valence-corrected chi connectivity index (χ3v) is 3.69. The molecule has 7 nitrogen and oxygen atoms in total. The van der Waals surface area contributed by atoms with Gasteiger partial charge in [-0.1, -0.05) is 17.8 Å². The molecule has 0 aliphatic rings. The van der Waals surface area contributed by atoms with Crippen LogP contribution in [0.1, 0.15) is 12.0 Å². The highest BCUT2D eigenvalue weighted by atomic mass is 32.2. The minimum Gasteiger partial charge on any atom is -0.326 e. The lowest BCUT2D eigenvalue weighted by molar-refractivity contribution is -0.384. The van der Waals surface area contributed by atoms with Crippen LogP contribution in [0.15, 0.2) is 41.8 Å². The number of nitrogens with zero attached hydrogens (tertiary/aromatic N) is 3. The first-order chi connectivity index (χ1) is 10.6. The first kappa shape index (κ1) is 15.9. The number of benzene rings is 1. The summed E-state index contributed by atoms with van der Waals surface area (Å²) < 4.78 is 0. The molecule has 0 saturated heterocycles. The predicted molar refractivity (Wildman–Crippen MR) is 83.8 cm³/mol. The van der Waals surface area contributed by atoms with Gasteiger partial charge in [0.2, 0.25) is 5.91 Å². The Balaban J connectivity index is 1.89. The molecular weight excluding hydrogens is 304 g/mol. The maximum Gasteiger partial charge on any atom is 0.271 e. The zero-order valence-corrected chi connectivity index (χ0v) is 12.7. The molecule has 22 heavy (non-hydrogen) atoms. The second-order valence-corrected chi connectivity index (χ2v) is 5.50. The van der Waals surface area contributed by atoms with E-state index in [1.807, 2.05) is 0 Å². The van der Waals surface area contributed by atoms with Gasteiger partial charge >= 0.3 is 0 Å². The summed E-state index contributed by atoms with van der Waals surface area (Å²) in [6.45, 7) is 1.78. The van der Waals surface area contributed by atoms with E-state index in [1.165, 1.54) is 23.9 Å². The molecular formula is C14H14N4O3S. The first-order valence-electron chi connectivity index (χ1n) is 6.51. The average Bonchev–Trinajstić information content (AvgIpc) is 2.50. The average molecular weight is 318 g/mol. The summed E-state index contributed by atoms with van der Waals surface area (Å²) in [5.41, 5.74) is 1.19. The number of nitro benzene ring substituents is 1. The third-order valence-electron chi connectivity index (χ3n) is 2.81. The molecule has 0 aliphatic heterocycles. The first-order valence-corrected chi connectivity index (χ1v) is 7.49. The molecule has 2 rings (SSSR count). The Labute approximate surface area is 131 Å². The fourth-order valence-electron chi connectivity index (χ4n) is 1.67. The Morgan fingerprint density at radius 1 is 1.36 bits per heavy atom. The lowest BCUT2D eigenvalue weighted by Crippen LogP contribution is -2.13. The van der Waals surface area contributed by atoms with Gasteiger partial charge in [-0.3, -0.25) is 14.9 Å². The highest BCUT2D eigenvalue weighted by molar-refractivity contribution is 7.99. The van der Waals surface area contributed by atoms with E-state index in [-0.39, 0.29) is 18.0 Å². The standard InChI is InChI=1S/C14H14N4O3S/c1-10-3-4-11(18(20)21)9-12(10)17-13(19)5-8-22-14-15-6-2-7-16-14/h2-4,6-7,9H,5,8H2,1H3,(H,17,19). The maximum atomic E-state index is 11.9. The number of hydrogen-bond acceptors (Lipinski definition) is 6. The van der Waals surface area contributed by atoms with Crippen LogP contribution in [0.3, 0.4) is 0 Å². The number of rotatable bonds is 6. The largest absolute Gasteiger partial charge is 0.326 e. The van der Waals surface area contributed by atoms with E-state index in [9.17, 15) is 14.9 Å². The molecule has 0 atom stereocenters. The summed E-state index contributed by atoms with van der Waals surface area (Å²) >= 11 is 1.38. The van der Waals surface area contributed by atoms with Gasteiger partial charge in [-0.2, -0.15) is 0 Å². The molecule has 0 saturated carbocycles. The van der Waals surface area contributed by atoms with Gasteiger partial charge in [0.05, 0.1) is 10.6 Å². The van der Waals surface area contributed by atoms with Gasteiger partial charge in [0.1, 0.15) is 0 Å². The number of nitro groups is 1. The number of anilines is 1. The molecule has 1 amide bonds. The Bertz CT molecular complexity index is 679. The van der Waals surface area contributed by atoms with Crippen molar-refractivity contribution in [2.75, 3.05) is 11.1 Å². The molecule has 0 spiro atoms. The summed E-state index contributed by atoms with van der Waals surface area (Å²) in [5.74, 6) is 0.330. The quantitative estimate of drug-likeness (QED) is 0.380. The van der Waals surface area contributed by atoms with E-state index in [4.69, 9.17) is 0 Å². The van der Waals surface area contributed by atoms with Crippen LogP contribution >= 0.6 is 11.8 Å². The second-order valence-electron chi connectivity index (χ2n) is 4.43. The van der Waals surface area contributed by atoms with Gasteiger partial charge < -0.3 is 5.32 Å². The van der Waals surface area contributed by atoms with Gasteiger partial charge in [0.15, 0.2) is 5.16 Å². The molecule has 0 radical (unpaired) electrons. The van der Waals surface area contributed by atoms with Gasteiger partial charge in [0.25, 0.3) is 5.69 Å². The fourth-order valence-corrected chi connectivity index (χ4v) is 2.41. The van der Waals surface area contributed by atoms with Gasteiger partial charge in [0, 0.05) is 36.7 Å². The summed E-state index contributed by atoms with van der Waals surface area (Å²) in [5, 5.41) is 14.1. The molecule has 2 aromatic rings. The summed E-state index contributed by atoms with van der Waals surface area (Å²) in [6, 6.07) is 6.11. The van der Waals surface area contributed by atoms with Crippen molar-refractivity contribution in [2.24, 2.45) is 0 Å². The summed E-state index contributed by atoms with van der Waals surface area (Å²) in [4.78, 5) is 30.3. The van der Waals surface area contributed by atoms with Crippen LogP contribution in [-0.4, -0.2) is 26.6 Å². The van der Waals surface area contributed by atoms with E-state index in [2.05, 4.69) is 15.3 Å². The van der Waals surface area contributed by atoms with Crippen LogP contribution in [0.4, 0.5) is 11.4 Å². The molecule has 1 heterocycles.